The first kappa shape index (κ1) is 17.8. The molecule has 1 aromatic carbocycles. The van der Waals surface area contributed by atoms with E-state index in [0.29, 0.717) is 6.42 Å². The van der Waals surface area contributed by atoms with Crippen LogP contribution in [-0.2, 0) is 11.2 Å². The van der Waals surface area contributed by atoms with Gasteiger partial charge < -0.3 is 14.8 Å². The maximum Gasteiger partial charge on any atom is 0.408 e. The summed E-state index contributed by atoms with van der Waals surface area (Å²) in [5.74, 6) is 0.785. The van der Waals surface area contributed by atoms with Gasteiger partial charge in [-0.05, 0) is 52.3 Å². The number of ether oxygens (including phenoxy) is 2. The summed E-state index contributed by atoms with van der Waals surface area (Å²) < 4.78 is 10.7. The number of amides is 1. The molecule has 0 bridgehead atoms. The van der Waals surface area contributed by atoms with Crippen molar-refractivity contribution in [3.8, 4) is 11.8 Å². The molecule has 1 rings (SSSR count). The van der Waals surface area contributed by atoms with E-state index in [0.717, 1.165) is 11.3 Å². The predicted molar refractivity (Wildman–Crippen MR) is 84.7 cm³/mol. The smallest absolute Gasteiger partial charge is 0.408 e. The second-order valence-electron chi connectivity index (χ2n) is 6.34. The molecule has 0 unspecified atom stereocenters. The molecule has 0 spiro atoms. The van der Waals surface area contributed by atoms with Gasteiger partial charge in [0.2, 0.25) is 0 Å². The summed E-state index contributed by atoms with van der Waals surface area (Å²) >= 11 is 0. The Hall–Kier alpha value is -2.22. The molecule has 0 fully saturated rings. The van der Waals surface area contributed by atoms with Gasteiger partial charge in [-0.2, -0.15) is 5.26 Å². The molecule has 120 valence electrons. The molecule has 22 heavy (non-hydrogen) atoms. The van der Waals surface area contributed by atoms with Crippen molar-refractivity contribution in [1.82, 2.24) is 5.32 Å². The van der Waals surface area contributed by atoms with Crippen LogP contribution in [0.2, 0.25) is 0 Å². The van der Waals surface area contributed by atoms with Gasteiger partial charge in [-0.1, -0.05) is 12.1 Å². The minimum atomic E-state index is -0.633. The molecule has 0 heterocycles. The molecule has 1 aromatic rings. The molecular formula is C17H24N2O3. The largest absolute Gasteiger partial charge is 0.491 e. The Kier molecular flexibility index (Phi) is 6.24. The van der Waals surface area contributed by atoms with Crippen molar-refractivity contribution in [3.63, 3.8) is 0 Å². The highest BCUT2D eigenvalue weighted by molar-refractivity contribution is 5.68. The summed E-state index contributed by atoms with van der Waals surface area (Å²) in [5.41, 5.74) is 0.360. The summed E-state index contributed by atoms with van der Waals surface area (Å²) in [6.07, 6.45) is -0.0529. The molecular weight excluding hydrogens is 280 g/mol. The van der Waals surface area contributed by atoms with E-state index in [1.54, 1.807) is 20.8 Å². The van der Waals surface area contributed by atoms with Crippen molar-refractivity contribution in [3.05, 3.63) is 29.8 Å². The first-order chi connectivity index (χ1) is 10.2. The molecule has 0 saturated heterocycles. The summed E-state index contributed by atoms with van der Waals surface area (Å²) in [4.78, 5) is 11.7. The van der Waals surface area contributed by atoms with E-state index in [-0.39, 0.29) is 6.10 Å². The third-order valence-corrected chi connectivity index (χ3v) is 2.58. The fourth-order valence-electron chi connectivity index (χ4n) is 1.79. The monoisotopic (exact) mass is 304 g/mol. The van der Waals surface area contributed by atoms with E-state index in [9.17, 15) is 4.79 Å². The highest BCUT2D eigenvalue weighted by atomic mass is 16.6. The lowest BCUT2D eigenvalue weighted by Crippen LogP contribution is -2.39. The van der Waals surface area contributed by atoms with Crippen molar-refractivity contribution in [2.24, 2.45) is 0 Å². The first-order valence-electron chi connectivity index (χ1n) is 7.34. The van der Waals surface area contributed by atoms with Crippen LogP contribution in [0.25, 0.3) is 0 Å². The van der Waals surface area contributed by atoms with Crippen LogP contribution >= 0.6 is 0 Å². The number of alkyl carbamates (subject to hydrolysis) is 1. The van der Waals surface area contributed by atoms with E-state index in [2.05, 4.69) is 11.4 Å². The number of nitrogens with zero attached hydrogens (tertiary/aromatic N) is 1. The summed E-state index contributed by atoms with van der Waals surface area (Å²) in [7, 11) is 0. The average molecular weight is 304 g/mol. The predicted octanol–water partition coefficient (Wildman–Crippen LogP) is 3.43. The summed E-state index contributed by atoms with van der Waals surface area (Å²) in [5, 5.41) is 11.7. The van der Waals surface area contributed by atoms with Gasteiger partial charge in [0.15, 0.2) is 0 Å². The Balaban J connectivity index is 2.59. The molecule has 0 aromatic heterocycles. The standard InChI is InChI=1S/C17H24N2O3/c1-12(2)21-15-8-6-13(7-9-15)10-14(11-18)19-16(20)22-17(3,4)5/h6-9,12,14H,10H2,1-5H3,(H,19,20)/t14-/m0/s1. The SMILES string of the molecule is CC(C)Oc1ccc(C[C@@H](C#N)NC(=O)OC(C)(C)C)cc1. The second kappa shape index (κ2) is 7.69. The zero-order valence-corrected chi connectivity index (χ0v) is 13.8. The Bertz CT molecular complexity index is 524. The van der Waals surface area contributed by atoms with Crippen LogP contribution < -0.4 is 10.1 Å². The molecule has 0 aliphatic heterocycles. The minimum Gasteiger partial charge on any atom is -0.491 e. The minimum absolute atomic E-state index is 0.117. The Labute approximate surface area is 132 Å². The van der Waals surface area contributed by atoms with Crippen molar-refractivity contribution in [1.29, 1.82) is 5.26 Å². The van der Waals surface area contributed by atoms with Gasteiger partial charge in [-0.25, -0.2) is 4.79 Å². The highest BCUT2D eigenvalue weighted by Crippen LogP contribution is 2.15. The number of carbonyl (C=O) groups is 1. The molecule has 0 saturated carbocycles. The number of hydrogen-bond donors (Lipinski definition) is 1. The molecule has 5 nitrogen and oxygen atoms in total. The van der Waals surface area contributed by atoms with Gasteiger partial charge in [0, 0.05) is 6.42 Å². The lowest BCUT2D eigenvalue weighted by atomic mass is 10.1. The zero-order valence-electron chi connectivity index (χ0n) is 13.8. The van der Waals surface area contributed by atoms with Crippen LogP contribution in [0.1, 0.15) is 40.2 Å². The Morgan fingerprint density at radius 1 is 1.27 bits per heavy atom. The van der Waals surface area contributed by atoms with Gasteiger partial charge in [-0.15, -0.1) is 0 Å². The van der Waals surface area contributed by atoms with E-state index < -0.39 is 17.7 Å². The number of rotatable bonds is 5. The van der Waals surface area contributed by atoms with E-state index >= 15 is 0 Å². The molecule has 1 N–H and O–H groups in total. The van der Waals surface area contributed by atoms with Crippen molar-refractivity contribution in [2.45, 2.75) is 58.8 Å². The van der Waals surface area contributed by atoms with Crippen LogP contribution in [0.3, 0.4) is 0 Å². The number of carbonyl (C=O) groups excluding carboxylic acids is 1. The van der Waals surface area contributed by atoms with Crippen molar-refractivity contribution >= 4 is 6.09 Å². The number of hydrogen-bond acceptors (Lipinski definition) is 4. The summed E-state index contributed by atoms with van der Waals surface area (Å²) in [6, 6.07) is 8.93. The first-order valence-corrected chi connectivity index (χ1v) is 7.34. The lowest BCUT2D eigenvalue weighted by Gasteiger charge is -2.21. The Morgan fingerprint density at radius 2 is 1.86 bits per heavy atom. The zero-order chi connectivity index (χ0) is 16.8. The van der Waals surface area contributed by atoms with Crippen LogP contribution in [0, 0.1) is 11.3 Å². The fourth-order valence-corrected chi connectivity index (χ4v) is 1.79. The maximum absolute atomic E-state index is 11.7. The highest BCUT2D eigenvalue weighted by Gasteiger charge is 2.19. The molecule has 0 radical (unpaired) electrons. The van der Waals surface area contributed by atoms with Gasteiger partial charge >= 0.3 is 6.09 Å². The fraction of sp³-hybridized carbons (Fsp3) is 0.529. The van der Waals surface area contributed by atoms with Crippen LogP contribution in [-0.4, -0.2) is 23.8 Å². The van der Waals surface area contributed by atoms with Gasteiger partial charge in [0.05, 0.1) is 12.2 Å². The Morgan fingerprint density at radius 3 is 2.32 bits per heavy atom. The quantitative estimate of drug-likeness (QED) is 0.904. The van der Waals surface area contributed by atoms with Crippen LogP contribution in [0.5, 0.6) is 5.75 Å². The number of nitrogens with one attached hydrogen (secondary N) is 1. The topological polar surface area (TPSA) is 71.3 Å². The van der Waals surface area contributed by atoms with Crippen LogP contribution in [0.15, 0.2) is 24.3 Å². The van der Waals surface area contributed by atoms with Crippen LogP contribution in [0.4, 0.5) is 4.79 Å². The maximum atomic E-state index is 11.7. The van der Waals surface area contributed by atoms with Gasteiger partial charge in [0.25, 0.3) is 0 Å². The average Bonchev–Trinajstić information content (AvgIpc) is 2.37. The lowest BCUT2D eigenvalue weighted by molar-refractivity contribution is 0.0516. The third kappa shape index (κ3) is 6.98. The number of benzene rings is 1. The molecule has 0 aliphatic rings. The van der Waals surface area contributed by atoms with Gasteiger partial charge in [0.1, 0.15) is 17.4 Å². The molecule has 1 amide bonds. The third-order valence-electron chi connectivity index (χ3n) is 2.58. The molecule has 0 aliphatic carbocycles. The second-order valence-corrected chi connectivity index (χ2v) is 6.34. The van der Waals surface area contributed by atoms with Crippen molar-refractivity contribution < 1.29 is 14.3 Å². The molecule has 1 atom stereocenters. The van der Waals surface area contributed by atoms with Crippen molar-refractivity contribution in [2.75, 3.05) is 0 Å². The summed E-state index contributed by atoms with van der Waals surface area (Å²) in [6.45, 7) is 9.26. The number of nitriles is 1. The van der Waals surface area contributed by atoms with E-state index in [4.69, 9.17) is 14.7 Å². The normalized spacial score (nSPS) is 12.4. The molecule has 5 heteroatoms. The van der Waals surface area contributed by atoms with E-state index in [1.807, 2.05) is 38.1 Å². The van der Waals surface area contributed by atoms with Gasteiger partial charge in [-0.3, -0.25) is 0 Å². The van der Waals surface area contributed by atoms with E-state index in [1.165, 1.54) is 0 Å².